The van der Waals surface area contributed by atoms with E-state index in [1.807, 2.05) is 23.6 Å². The third kappa shape index (κ3) is 4.61. The van der Waals surface area contributed by atoms with E-state index in [0.717, 1.165) is 38.2 Å². The molecule has 1 saturated heterocycles. The first-order valence-electron chi connectivity index (χ1n) is 8.73. The molecule has 1 aromatic heterocycles. The summed E-state index contributed by atoms with van der Waals surface area (Å²) in [4.78, 5) is 13.6. The molecule has 4 nitrogen and oxygen atoms in total. The van der Waals surface area contributed by atoms with Gasteiger partial charge in [0.25, 0.3) is 0 Å². The van der Waals surface area contributed by atoms with Gasteiger partial charge in [-0.3, -0.25) is 4.79 Å². The summed E-state index contributed by atoms with van der Waals surface area (Å²) in [6, 6.07) is 12.3. The molecule has 0 atom stereocenters. The fraction of sp³-hybridized carbons (Fsp3) is 0.450. The summed E-state index contributed by atoms with van der Waals surface area (Å²) in [7, 11) is 1.67. The Bertz CT molecular complexity index is 661. The van der Waals surface area contributed by atoms with Gasteiger partial charge in [-0.1, -0.05) is 18.2 Å². The fourth-order valence-corrected chi connectivity index (χ4v) is 4.03. The second-order valence-corrected chi connectivity index (χ2v) is 7.51. The molecule has 1 amide bonds. The maximum absolute atomic E-state index is 12.3. The van der Waals surface area contributed by atoms with Gasteiger partial charge in [0.1, 0.15) is 5.75 Å². The second-order valence-electron chi connectivity index (χ2n) is 6.48. The highest BCUT2D eigenvalue weighted by atomic mass is 32.1. The minimum atomic E-state index is -0.0525. The van der Waals surface area contributed by atoms with Crippen molar-refractivity contribution in [1.29, 1.82) is 0 Å². The van der Waals surface area contributed by atoms with Crippen LogP contribution in [0, 0.1) is 0 Å². The summed E-state index contributed by atoms with van der Waals surface area (Å²) in [5.41, 5.74) is 1.19. The van der Waals surface area contributed by atoms with Crippen molar-refractivity contribution in [1.82, 2.24) is 5.32 Å². The summed E-state index contributed by atoms with van der Waals surface area (Å²) in [6.45, 7) is 2.13. The quantitative estimate of drug-likeness (QED) is 0.822. The van der Waals surface area contributed by atoms with E-state index in [4.69, 9.17) is 9.47 Å². The summed E-state index contributed by atoms with van der Waals surface area (Å²) >= 11 is 1.70. The average Bonchev–Trinajstić information content (AvgIpc) is 3.19. The maximum atomic E-state index is 12.3. The highest BCUT2D eigenvalue weighted by molar-refractivity contribution is 7.09. The van der Waals surface area contributed by atoms with Crippen LogP contribution < -0.4 is 10.1 Å². The lowest BCUT2D eigenvalue weighted by atomic mass is 9.74. The number of rotatable bonds is 7. The van der Waals surface area contributed by atoms with Crippen molar-refractivity contribution in [3.8, 4) is 5.75 Å². The van der Waals surface area contributed by atoms with Crippen LogP contribution in [0.4, 0.5) is 0 Å². The number of carbonyl (C=O) groups is 1. The van der Waals surface area contributed by atoms with E-state index in [0.29, 0.717) is 13.0 Å². The molecular weight excluding hydrogens is 334 g/mol. The van der Waals surface area contributed by atoms with Crippen molar-refractivity contribution in [2.75, 3.05) is 26.9 Å². The van der Waals surface area contributed by atoms with Crippen molar-refractivity contribution in [3.63, 3.8) is 0 Å². The predicted molar refractivity (Wildman–Crippen MR) is 100 cm³/mol. The van der Waals surface area contributed by atoms with Crippen LogP contribution >= 0.6 is 11.3 Å². The van der Waals surface area contributed by atoms with E-state index >= 15 is 0 Å². The molecule has 2 heterocycles. The second kappa shape index (κ2) is 8.50. The molecule has 3 rings (SSSR count). The number of methoxy groups -OCH3 is 1. The molecule has 1 aromatic carbocycles. The lowest BCUT2D eigenvalue weighted by Crippen LogP contribution is -2.44. The van der Waals surface area contributed by atoms with Crippen molar-refractivity contribution in [2.45, 2.75) is 31.1 Å². The Labute approximate surface area is 153 Å². The van der Waals surface area contributed by atoms with Gasteiger partial charge in [-0.2, -0.15) is 0 Å². The van der Waals surface area contributed by atoms with Crippen molar-refractivity contribution in [2.24, 2.45) is 0 Å². The van der Waals surface area contributed by atoms with Gasteiger partial charge in [0, 0.05) is 36.5 Å². The molecule has 1 N–H and O–H groups in total. The number of hydrogen-bond acceptors (Lipinski definition) is 4. The molecule has 0 saturated carbocycles. The first kappa shape index (κ1) is 18.0. The Balaban J connectivity index is 1.62. The van der Waals surface area contributed by atoms with E-state index in [1.54, 1.807) is 18.4 Å². The average molecular weight is 359 g/mol. The summed E-state index contributed by atoms with van der Waals surface area (Å²) < 4.78 is 10.8. The Morgan fingerprint density at radius 2 is 2.00 bits per heavy atom. The molecule has 1 fully saturated rings. The molecule has 2 aromatic rings. The molecule has 25 heavy (non-hydrogen) atoms. The van der Waals surface area contributed by atoms with Gasteiger partial charge >= 0.3 is 0 Å². The predicted octanol–water partition coefficient (Wildman–Crippen LogP) is 3.55. The number of ether oxygens (including phenoxy) is 2. The summed E-state index contributed by atoms with van der Waals surface area (Å²) in [6.07, 6.45) is 3.19. The topological polar surface area (TPSA) is 47.6 Å². The molecule has 0 unspecified atom stereocenters. The van der Waals surface area contributed by atoms with E-state index in [9.17, 15) is 4.79 Å². The summed E-state index contributed by atoms with van der Waals surface area (Å²) in [5, 5.41) is 5.21. The molecule has 0 spiro atoms. The van der Waals surface area contributed by atoms with Gasteiger partial charge in [0.2, 0.25) is 5.91 Å². The van der Waals surface area contributed by atoms with Crippen molar-refractivity contribution >= 4 is 17.2 Å². The zero-order valence-corrected chi connectivity index (χ0v) is 15.4. The third-order valence-electron chi connectivity index (χ3n) is 4.95. The molecule has 0 bridgehead atoms. The molecule has 5 heteroatoms. The lowest BCUT2D eigenvalue weighted by molar-refractivity contribution is -0.121. The van der Waals surface area contributed by atoms with Gasteiger partial charge in [-0.15, -0.1) is 11.3 Å². The monoisotopic (exact) mass is 359 g/mol. The SMILES string of the molecule is COc1ccc(C2(CNC(=O)CCc3cccs3)CCOCC2)cc1. The molecule has 0 radical (unpaired) electrons. The lowest BCUT2D eigenvalue weighted by Gasteiger charge is -2.38. The van der Waals surface area contributed by atoms with Gasteiger partial charge in [-0.05, 0) is 48.4 Å². The van der Waals surface area contributed by atoms with E-state index in [-0.39, 0.29) is 11.3 Å². The van der Waals surface area contributed by atoms with E-state index < -0.39 is 0 Å². The van der Waals surface area contributed by atoms with Gasteiger partial charge in [0.15, 0.2) is 0 Å². The molecule has 134 valence electrons. The van der Waals surface area contributed by atoms with Crippen LogP contribution in [0.15, 0.2) is 41.8 Å². The minimum absolute atomic E-state index is 0.0525. The van der Waals surface area contributed by atoms with Crippen LogP contribution in [0.25, 0.3) is 0 Å². The third-order valence-corrected chi connectivity index (χ3v) is 5.89. The zero-order valence-electron chi connectivity index (χ0n) is 14.6. The Hall–Kier alpha value is -1.85. The van der Waals surface area contributed by atoms with Gasteiger partial charge in [-0.25, -0.2) is 0 Å². The number of amides is 1. The number of thiophene rings is 1. The van der Waals surface area contributed by atoms with Crippen LogP contribution in [0.2, 0.25) is 0 Å². The molecule has 0 aliphatic carbocycles. The van der Waals surface area contributed by atoms with Crippen molar-refractivity contribution < 1.29 is 14.3 Å². The van der Waals surface area contributed by atoms with E-state index in [2.05, 4.69) is 23.5 Å². The number of benzene rings is 1. The number of carbonyl (C=O) groups excluding carboxylic acids is 1. The first-order chi connectivity index (χ1) is 12.2. The van der Waals surface area contributed by atoms with Crippen LogP contribution in [-0.2, 0) is 21.4 Å². The normalized spacial score (nSPS) is 16.4. The minimum Gasteiger partial charge on any atom is -0.497 e. The van der Waals surface area contributed by atoms with Gasteiger partial charge < -0.3 is 14.8 Å². The van der Waals surface area contributed by atoms with Crippen molar-refractivity contribution in [3.05, 3.63) is 52.2 Å². The molecule has 1 aliphatic rings. The van der Waals surface area contributed by atoms with Crippen LogP contribution in [-0.4, -0.2) is 32.8 Å². The summed E-state index contributed by atoms with van der Waals surface area (Å²) in [5.74, 6) is 0.971. The Kier molecular flexibility index (Phi) is 6.10. The van der Waals surface area contributed by atoms with Crippen LogP contribution in [0.1, 0.15) is 29.7 Å². The smallest absolute Gasteiger partial charge is 0.220 e. The zero-order chi connectivity index (χ0) is 17.5. The number of hydrogen-bond donors (Lipinski definition) is 1. The Morgan fingerprint density at radius 1 is 1.24 bits per heavy atom. The number of nitrogens with one attached hydrogen (secondary N) is 1. The van der Waals surface area contributed by atoms with E-state index in [1.165, 1.54) is 10.4 Å². The highest BCUT2D eigenvalue weighted by Gasteiger charge is 2.34. The maximum Gasteiger partial charge on any atom is 0.220 e. The first-order valence-corrected chi connectivity index (χ1v) is 9.61. The van der Waals surface area contributed by atoms with Crippen LogP contribution in [0.3, 0.4) is 0 Å². The van der Waals surface area contributed by atoms with Gasteiger partial charge in [0.05, 0.1) is 7.11 Å². The number of aryl methyl sites for hydroxylation is 1. The highest BCUT2D eigenvalue weighted by Crippen LogP contribution is 2.35. The standard InChI is InChI=1S/C20H25NO3S/c1-23-17-6-4-16(5-7-17)20(10-12-24-13-11-20)15-21-19(22)9-8-18-3-2-14-25-18/h2-7,14H,8-13,15H2,1H3,(H,21,22). The fourth-order valence-electron chi connectivity index (χ4n) is 3.32. The van der Waals surface area contributed by atoms with Crippen LogP contribution in [0.5, 0.6) is 5.75 Å². The largest absolute Gasteiger partial charge is 0.497 e. The molecule has 1 aliphatic heterocycles. The molecular formula is C20H25NO3S. The Morgan fingerprint density at radius 3 is 2.64 bits per heavy atom.